The molecule has 120 valence electrons. The van der Waals surface area contributed by atoms with Crippen molar-refractivity contribution in [1.82, 2.24) is 4.31 Å². The lowest BCUT2D eigenvalue weighted by atomic mass is 10.2. The van der Waals surface area contributed by atoms with E-state index in [0.717, 1.165) is 25.3 Å². The van der Waals surface area contributed by atoms with E-state index in [9.17, 15) is 23.3 Å². The molecular weight excluding hydrogens is 310 g/mol. The number of hydrogen-bond acceptors (Lipinski definition) is 5. The first-order valence-corrected chi connectivity index (χ1v) is 8.32. The predicted molar refractivity (Wildman–Crippen MR) is 80.0 cm³/mol. The highest BCUT2D eigenvalue weighted by Gasteiger charge is 2.28. The molecule has 1 saturated heterocycles. The van der Waals surface area contributed by atoms with Crippen LogP contribution in [0.4, 0.5) is 11.4 Å². The standard InChI is InChI=1S/C13H17N3O5S/c1-10(17)14-12-6-5-11(9-13(12)16(18)19)22(20,21)15-7-3-2-4-8-15/h5-6,9H,2-4,7-8H2,1H3,(H,14,17). The van der Waals surface area contributed by atoms with Crippen molar-refractivity contribution in [1.29, 1.82) is 0 Å². The molecule has 22 heavy (non-hydrogen) atoms. The fourth-order valence-corrected chi connectivity index (χ4v) is 3.91. The van der Waals surface area contributed by atoms with E-state index in [1.54, 1.807) is 0 Å². The molecule has 0 spiro atoms. The third-order valence-electron chi connectivity index (χ3n) is 3.43. The number of sulfonamides is 1. The highest BCUT2D eigenvalue weighted by Crippen LogP contribution is 2.29. The monoisotopic (exact) mass is 327 g/mol. The minimum atomic E-state index is -3.75. The smallest absolute Gasteiger partial charge is 0.294 e. The maximum absolute atomic E-state index is 12.5. The number of rotatable bonds is 4. The number of anilines is 1. The highest BCUT2D eigenvalue weighted by molar-refractivity contribution is 7.89. The van der Waals surface area contributed by atoms with Crippen molar-refractivity contribution in [3.05, 3.63) is 28.3 Å². The first kappa shape index (κ1) is 16.4. The van der Waals surface area contributed by atoms with Crippen LogP contribution in [0.5, 0.6) is 0 Å². The van der Waals surface area contributed by atoms with Gasteiger partial charge in [0.1, 0.15) is 5.69 Å². The number of carbonyl (C=O) groups excluding carboxylic acids is 1. The van der Waals surface area contributed by atoms with E-state index in [1.165, 1.54) is 23.4 Å². The van der Waals surface area contributed by atoms with Crippen LogP contribution in [0.1, 0.15) is 26.2 Å². The number of nitrogens with zero attached hydrogens (tertiary/aromatic N) is 2. The van der Waals surface area contributed by atoms with Crippen molar-refractivity contribution in [2.75, 3.05) is 18.4 Å². The molecule has 1 N–H and O–H groups in total. The van der Waals surface area contributed by atoms with Gasteiger partial charge in [0.15, 0.2) is 0 Å². The maximum Gasteiger partial charge on any atom is 0.294 e. The van der Waals surface area contributed by atoms with Gasteiger partial charge >= 0.3 is 0 Å². The Hall–Kier alpha value is -2.00. The van der Waals surface area contributed by atoms with Gasteiger partial charge in [-0.1, -0.05) is 6.42 Å². The second-order valence-electron chi connectivity index (χ2n) is 5.08. The molecule has 0 bridgehead atoms. The Balaban J connectivity index is 2.41. The summed E-state index contributed by atoms with van der Waals surface area (Å²) in [4.78, 5) is 21.3. The van der Waals surface area contributed by atoms with E-state index in [-0.39, 0.29) is 10.6 Å². The SMILES string of the molecule is CC(=O)Nc1ccc(S(=O)(=O)N2CCCCC2)cc1[N+](=O)[O-]. The molecule has 1 aromatic carbocycles. The van der Waals surface area contributed by atoms with Gasteiger partial charge in [0.25, 0.3) is 5.69 Å². The summed E-state index contributed by atoms with van der Waals surface area (Å²) in [5.74, 6) is -0.463. The molecule has 8 nitrogen and oxygen atoms in total. The van der Waals surface area contributed by atoms with Crippen LogP contribution < -0.4 is 5.32 Å². The molecule has 0 radical (unpaired) electrons. The molecule has 2 rings (SSSR count). The molecule has 1 fully saturated rings. The molecule has 1 aliphatic heterocycles. The zero-order chi connectivity index (χ0) is 16.3. The molecule has 1 aliphatic rings. The number of piperidine rings is 1. The summed E-state index contributed by atoms with van der Waals surface area (Å²) >= 11 is 0. The van der Waals surface area contributed by atoms with Crippen molar-refractivity contribution in [3.8, 4) is 0 Å². The van der Waals surface area contributed by atoms with Gasteiger partial charge < -0.3 is 5.32 Å². The van der Waals surface area contributed by atoms with Gasteiger partial charge in [-0.3, -0.25) is 14.9 Å². The zero-order valence-corrected chi connectivity index (χ0v) is 12.9. The average Bonchev–Trinajstić information content (AvgIpc) is 2.47. The van der Waals surface area contributed by atoms with E-state index in [0.29, 0.717) is 13.1 Å². The van der Waals surface area contributed by atoms with Crippen molar-refractivity contribution in [2.45, 2.75) is 31.1 Å². The number of nitro groups is 1. The second kappa shape index (κ2) is 6.41. The van der Waals surface area contributed by atoms with E-state index in [4.69, 9.17) is 0 Å². The Labute approximate surface area is 128 Å². The fraction of sp³-hybridized carbons (Fsp3) is 0.462. The molecule has 0 saturated carbocycles. The van der Waals surface area contributed by atoms with Gasteiger partial charge in [0.2, 0.25) is 15.9 Å². The summed E-state index contributed by atoms with van der Waals surface area (Å²) in [6, 6.07) is 3.52. The van der Waals surface area contributed by atoms with Crippen LogP contribution in [-0.2, 0) is 14.8 Å². The van der Waals surface area contributed by atoms with Crippen LogP contribution in [0.15, 0.2) is 23.1 Å². The van der Waals surface area contributed by atoms with Crippen LogP contribution in [0.2, 0.25) is 0 Å². The number of nitrogens with one attached hydrogen (secondary N) is 1. The van der Waals surface area contributed by atoms with Crippen LogP contribution in [-0.4, -0.2) is 36.6 Å². The fourth-order valence-electron chi connectivity index (χ4n) is 2.37. The van der Waals surface area contributed by atoms with Gasteiger partial charge in [-0.25, -0.2) is 8.42 Å². The number of benzene rings is 1. The topological polar surface area (TPSA) is 110 Å². The number of amides is 1. The lowest BCUT2D eigenvalue weighted by molar-refractivity contribution is -0.384. The summed E-state index contributed by atoms with van der Waals surface area (Å²) in [5, 5.41) is 13.4. The number of carbonyl (C=O) groups is 1. The van der Waals surface area contributed by atoms with Gasteiger partial charge in [0.05, 0.1) is 9.82 Å². The van der Waals surface area contributed by atoms with E-state index >= 15 is 0 Å². The third-order valence-corrected chi connectivity index (χ3v) is 5.32. The Bertz CT molecular complexity index is 696. The first-order valence-electron chi connectivity index (χ1n) is 6.88. The maximum atomic E-state index is 12.5. The van der Waals surface area contributed by atoms with Gasteiger partial charge in [-0.05, 0) is 25.0 Å². The summed E-state index contributed by atoms with van der Waals surface area (Å²) in [6.45, 7) is 2.06. The lowest BCUT2D eigenvalue weighted by Crippen LogP contribution is -2.35. The molecule has 9 heteroatoms. The Morgan fingerprint density at radius 2 is 1.91 bits per heavy atom. The van der Waals surface area contributed by atoms with Crippen molar-refractivity contribution >= 4 is 27.3 Å². The Morgan fingerprint density at radius 3 is 2.45 bits per heavy atom. The average molecular weight is 327 g/mol. The van der Waals surface area contributed by atoms with Gasteiger partial charge in [-0.2, -0.15) is 4.31 Å². The highest BCUT2D eigenvalue weighted by atomic mass is 32.2. The molecular formula is C13H17N3O5S. The normalized spacial score (nSPS) is 16.2. The summed E-state index contributed by atoms with van der Waals surface area (Å²) in [5.41, 5.74) is -0.455. The molecule has 1 heterocycles. The Morgan fingerprint density at radius 1 is 1.27 bits per heavy atom. The van der Waals surface area contributed by atoms with Crippen molar-refractivity contribution in [3.63, 3.8) is 0 Å². The molecule has 0 aromatic heterocycles. The molecule has 0 aliphatic carbocycles. The van der Waals surface area contributed by atoms with E-state index in [1.807, 2.05) is 0 Å². The van der Waals surface area contributed by atoms with Crippen molar-refractivity contribution in [2.24, 2.45) is 0 Å². The van der Waals surface area contributed by atoms with Crippen LogP contribution in [0.25, 0.3) is 0 Å². The molecule has 0 unspecified atom stereocenters. The van der Waals surface area contributed by atoms with Crippen molar-refractivity contribution < 1.29 is 18.1 Å². The number of nitro benzene ring substituents is 1. The largest absolute Gasteiger partial charge is 0.321 e. The van der Waals surface area contributed by atoms with Crippen LogP contribution >= 0.6 is 0 Å². The summed E-state index contributed by atoms with van der Waals surface area (Å²) in [7, 11) is -3.75. The zero-order valence-electron chi connectivity index (χ0n) is 12.1. The second-order valence-corrected chi connectivity index (χ2v) is 7.02. The van der Waals surface area contributed by atoms with Gasteiger partial charge in [-0.15, -0.1) is 0 Å². The minimum Gasteiger partial charge on any atom is -0.321 e. The quantitative estimate of drug-likeness (QED) is 0.669. The van der Waals surface area contributed by atoms with E-state index < -0.39 is 26.5 Å². The number of hydrogen-bond donors (Lipinski definition) is 1. The summed E-state index contributed by atoms with van der Waals surface area (Å²) < 4.78 is 26.4. The molecule has 1 amide bonds. The third kappa shape index (κ3) is 3.42. The molecule has 1 aromatic rings. The van der Waals surface area contributed by atoms with Crippen LogP contribution in [0, 0.1) is 10.1 Å². The lowest BCUT2D eigenvalue weighted by Gasteiger charge is -2.25. The summed E-state index contributed by atoms with van der Waals surface area (Å²) in [6.07, 6.45) is 2.55. The first-order chi connectivity index (χ1) is 10.3. The van der Waals surface area contributed by atoms with Crippen LogP contribution in [0.3, 0.4) is 0 Å². The predicted octanol–water partition coefficient (Wildman–Crippen LogP) is 1.73. The van der Waals surface area contributed by atoms with E-state index in [2.05, 4.69) is 5.32 Å². The molecule has 0 atom stereocenters. The minimum absolute atomic E-state index is 0.0184. The van der Waals surface area contributed by atoms with Gasteiger partial charge in [0, 0.05) is 26.1 Å². The Kier molecular flexibility index (Phi) is 4.77.